The SMILES string of the molecule is CCCCCN1/C(=C/C=C/C=C/C2=[N+](CCCS(=O)(=O)[O-])c3ccc(-c4cc(C(=O)NCCS(=O)(=O)O)nc(C(=O)NCCS(=O)(=O)O)c4)cc3C2(C)C)C(C)(C)c2cc(-c3cc(C(=O)NCC)nc(C(=O)NCC)c3)ccc21. The summed E-state index contributed by atoms with van der Waals surface area (Å²) in [5.74, 6) is -4.74. The number of hydrogen-bond donors (Lipinski definition) is 6. The summed E-state index contributed by atoms with van der Waals surface area (Å²) in [7, 11) is -13.4. The Morgan fingerprint density at radius 1 is 0.608 bits per heavy atom. The lowest BCUT2D eigenvalue weighted by Gasteiger charge is -2.27. The van der Waals surface area contributed by atoms with E-state index in [9.17, 15) is 58.1 Å². The van der Waals surface area contributed by atoms with Crippen LogP contribution in [0.1, 0.15) is 127 Å². The van der Waals surface area contributed by atoms with Gasteiger partial charge in [0.2, 0.25) is 5.69 Å². The Morgan fingerprint density at radius 2 is 1.10 bits per heavy atom. The highest BCUT2D eigenvalue weighted by Gasteiger charge is 2.45. The Morgan fingerprint density at radius 3 is 1.58 bits per heavy atom. The maximum atomic E-state index is 13.3. The molecule has 0 bridgehead atoms. The first-order chi connectivity index (χ1) is 37.1. The third-order valence-corrected chi connectivity index (χ3v) is 15.7. The van der Waals surface area contributed by atoms with Crippen molar-refractivity contribution in [2.45, 2.75) is 85.0 Å². The lowest BCUT2D eigenvalue weighted by molar-refractivity contribution is -0.437. The molecule has 4 heterocycles. The van der Waals surface area contributed by atoms with Crippen LogP contribution in [0.2, 0.25) is 0 Å². The van der Waals surface area contributed by atoms with Gasteiger partial charge in [0.05, 0.1) is 27.0 Å². The summed E-state index contributed by atoms with van der Waals surface area (Å²) in [6.45, 7) is 14.7. The number of carbonyl (C=O) groups is 4. The summed E-state index contributed by atoms with van der Waals surface area (Å²) in [4.78, 5) is 63.5. The molecule has 0 radical (unpaired) electrons. The third-order valence-electron chi connectivity index (χ3n) is 13.5. The minimum Gasteiger partial charge on any atom is -0.748 e. The van der Waals surface area contributed by atoms with Crippen molar-refractivity contribution in [3.05, 3.63) is 131 Å². The summed E-state index contributed by atoms with van der Waals surface area (Å²) in [5.41, 5.74) is 6.01. The number of nitrogens with one attached hydrogen (secondary N) is 4. The van der Waals surface area contributed by atoms with Crippen molar-refractivity contribution in [3.63, 3.8) is 0 Å². The highest BCUT2D eigenvalue weighted by atomic mass is 32.2. The van der Waals surface area contributed by atoms with E-state index in [2.05, 4.69) is 75.1 Å². The zero-order valence-corrected chi connectivity index (χ0v) is 47.7. The maximum absolute atomic E-state index is 13.3. The van der Waals surface area contributed by atoms with Crippen LogP contribution in [-0.2, 0) is 41.2 Å². The van der Waals surface area contributed by atoms with Crippen LogP contribution in [0.4, 0.5) is 11.4 Å². The van der Waals surface area contributed by atoms with E-state index >= 15 is 0 Å². The van der Waals surface area contributed by atoms with Gasteiger partial charge in [0.25, 0.3) is 43.9 Å². The first-order valence-corrected chi connectivity index (χ1v) is 30.7. The largest absolute Gasteiger partial charge is 0.748 e. The number of hydrogen-bond acceptors (Lipinski definition) is 14. The molecule has 6 N–H and O–H groups in total. The molecule has 2 aliphatic rings. The van der Waals surface area contributed by atoms with Crippen molar-refractivity contribution in [1.29, 1.82) is 0 Å². The summed E-state index contributed by atoms with van der Waals surface area (Å²) in [6, 6.07) is 17.6. The third kappa shape index (κ3) is 15.7. The molecule has 0 atom stereocenters. The Balaban J connectivity index is 1.36. The average Bonchev–Trinajstić information content (AvgIpc) is 4.00. The van der Waals surface area contributed by atoms with Crippen molar-refractivity contribution >= 4 is 71.1 Å². The van der Waals surface area contributed by atoms with Crippen molar-refractivity contribution in [1.82, 2.24) is 31.2 Å². The molecule has 2 aromatic carbocycles. The molecule has 24 heteroatoms. The number of amides is 4. The second-order valence-electron chi connectivity index (χ2n) is 20.1. The van der Waals surface area contributed by atoms with Crippen LogP contribution in [0.15, 0.2) is 96.7 Å². The van der Waals surface area contributed by atoms with Crippen molar-refractivity contribution in [2.24, 2.45) is 0 Å². The van der Waals surface area contributed by atoms with E-state index in [-0.39, 0.29) is 47.6 Å². The summed E-state index contributed by atoms with van der Waals surface area (Å²) in [6.07, 6.45) is 12.7. The van der Waals surface area contributed by atoms with E-state index in [1.807, 2.05) is 68.7 Å². The molecule has 0 fully saturated rings. The number of nitrogens with zero attached hydrogens (tertiary/aromatic N) is 4. The molecule has 4 amide bonds. The quantitative estimate of drug-likeness (QED) is 0.0196. The zero-order chi connectivity index (χ0) is 58.1. The second-order valence-corrected chi connectivity index (χ2v) is 24.7. The van der Waals surface area contributed by atoms with Gasteiger partial charge in [0.15, 0.2) is 5.71 Å². The molecule has 0 saturated carbocycles. The number of rotatable bonds is 25. The average molecular weight is 1150 g/mol. The predicted octanol–water partition coefficient (Wildman–Crippen LogP) is 5.84. The monoisotopic (exact) mass is 1140 g/mol. The lowest BCUT2D eigenvalue weighted by atomic mass is 9.80. The number of allylic oxidation sites excluding steroid dienone is 6. The molecule has 79 heavy (non-hydrogen) atoms. The Bertz CT molecular complexity index is 3390. The molecular formula is C55H68N8O13S3. The van der Waals surface area contributed by atoms with Gasteiger partial charge in [-0.3, -0.25) is 28.3 Å². The van der Waals surface area contributed by atoms with Crippen LogP contribution in [0, 0.1) is 0 Å². The molecule has 0 spiro atoms. The van der Waals surface area contributed by atoms with Crippen molar-refractivity contribution in [2.75, 3.05) is 61.4 Å². The van der Waals surface area contributed by atoms with Gasteiger partial charge in [-0.2, -0.15) is 21.4 Å². The maximum Gasteiger partial charge on any atom is 0.269 e. The lowest BCUT2D eigenvalue weighted by Crippen LogP contribution is -2.32. The zero-order valence-electron chi connectivity index (χ0n) is 45.3. The highest BCUT2D eigenvalue weighted by molar-refractivity contribution is 7.86. The molecule has 21 nitrogen and oxygen atoms in total. The predicted molar refractivity (Wildman–Crippen MR) is 301 cm³/mol. The van der Waals surface area contributed by atoms with Gasteiger partial charge >= 0.3 is 0 Å². The van der Waals surface area contributed by atoms with E-state index < -0.39 is 83.3 Å². The van der Waals surface area contributed by atoms with Gasteiger partial charge in [-0.05, 0) is 117 Å². The molecular weight excluding hydrogens is 1080 g/mol. The normalized spacial score (nSPS) is 15.4. The highest BCUT2D eigenvalue weighted by Crippen LogP contribution is 2.49. The minimum absolute atomic E-state index is 0.00985. The van der Waals surface area contributed by atoms with Gasteiger partial charge < -0.3 is 30.7 Å². The second kappa shape index (κ2) is 25.4. The number of fused-ring (bicyclic) bond motifs is 2. The summed E-state index contributed by atoms with van der Waals surface area (Å²) in [5, 5.41) is 10.3. The molecule has 0 saturated heterocycles. The van der Waals surface area contributed by atoms with Crippen LogP contribution in [0.3, 0.4) is 0 Å². The first-order valence-electron chi connectivity index (χ1n) is 25.9. The molecule has 0 aliphatic carbocycles. The molecule has 2 aromatic heterocycles. The standard InChI is InChI=1S/C55H68N8O13S3/c1-8-11-15-25-62-46-21-19-36(38-32-42(50(64)56-9-2)60-43(33-38)51(65)57-10-3)30-40(46)54(4,5)48(62)17-13-12-14-18-49-55(6,7)41-31-37(20-22-47(41)63(49)26-16-27-77(68,69)70)39-34-44(52(66)58-23-28-78(71,72)73)61-45(35-39)53(67)59-24-29-79(74,75)76/h12-14,17-22,30-35H,8-11,15-16,23-29H2,1-7H3,(H6-,56,57,58,59,64,65,66,67,68,69,70,71,72,73,74,75,76). The molecule has 6 rings (SSSR count). The molecule has 4 aromatic rings. The fourth-order valence-corrected chi connectivity index (χ4v) is 10.8. The number of carbonyl (C=O) groups excluding carboxylic acids is 4. The number of benzene rings is 2. The van der Waals surface area contributed by atoms with Gasteiger partial charge in [-0.25, -0.2) is 18.4 Å². The molecule has 424 valence electrons. The Labute approximate surface area is 462 Å². The fourth-order valence-electron chi connectivity index (χ4n) is 9.60. The van der Waals surface area contributed by atoms with E-state index in [1.54, 1.807) is 24.3 Å². The van der Waals surface area contributed by atoms with Gasteiger partial charge in [0, 0.05) is 79.4 Å². The minimum atomic E-state index is -4.55. The van der Waals surface area contributed by atoms with E-state index in [4.69, 9.17) is 0 Å². The van der Waals surface area contributed by atoms with Crippen LogP contribution in [-0.4, -0.2) is 139 Å². The number of unbranched alkanes of at least 4 members (excludes halogenated alkanes) is 2. The summed E-state index contributed by atoms with van der Waals surface area (Å²) < 4.78 is 101. The van der Waals surface area contributed by atoms with Gasteiger partial charge in [0.1, 0.15) is 29.3 Å². The molecule has 0 unspecified atom stereocenters. The smallest absolute Gasteiger partial charge is 0.269 e. The van der Waals surface area contributed by atoms with Crippen molar-refractivity contribution < 1.29 is 62.7 Å². The topological polar surface area (TPSA) is 314 Å². The van der Waals surface area contributed by atoms with Crippen LogP contribution in [0.5, 0.6) is 0 Å². The van der Waals surface area contributed by atoms with Gasteiger partial charge in [-0.15, -0.1) is 0 Å². The van der Waals surface area contributed by atoms with E-state index in [1.165, 1.54) is 12.1 Å². The fraction of sp³-hybridized carbons (Fsp3) is 0.400. The van der Waals surface area contributed by atoms with E-state index in [0.29, 0.717) is 35.5 Å². The van der Waals surface area contributed by atoms with Crippen molar-refractivity contribution in [3.8, 4) is 22.3 Å². The van der Waals surface area contributed by atoms with Crippen LogP contribution >= 0.6 is 0 Å². The summed E-state index contributed by atoms with van der Waals surface area (Å²) >= 11 is 0. The first kappa shape index (κ1) is 61.3. The number of aromatic nitrogens is 2. The van der Waals surface area contributed by atoms with Crippen LogP contribution < -0.4 is 26.2 Å². The van der Waals surface area contributed by atoms with Gasteiger partial charge in [-0.1, -0.05) is 57.9 Å². The van der Waals surface area contributed by atoms with Crippen LogP contribution in [0.25, 0.3) is 22.3 Å². The Hall–Kier alpha value is -6.96. The Kier molecular flexibility index (Phi) is 19.7. The number of anilines is 1. The number of pyridine rings is 2. The van der Waals surface area contributed by atoms with E-state index in [0.717, 1.165) is 59.6 Å². The molecule has 2 aliphatic heterocycles.